The summed E-state index contributed by atoms with van der Waals surface area (Å²) in [6, 6.07) is 10.0. The lowest BCUT2D eigenvalue weighted by Gasteiger charge is -2.34. The molecule has 1 heterocycles. The van der Waals surface area contributed by atoms with Crippen LogP contribution in [-0.2, 0) is 21.2 Å². The van der Waals surface area contributed by atoms with E-state index in [1.807, 2.05) is 44.2 Å². The van der Waals surface area contributed by atoms with Crippen molar-refractivity contribution >= 4 is 15.9 Å². The van der Waals surface area contributed by atoms with E-state index in [4.69, 9.17) is 0 Å². The summed E-state index contributed by atoms with van der Waals surface area (Å²) in [6.45, 7) is 6.46. The number of rotatable bonds is 6. The molecule has 1 aliphatic heterocycles. The summed E-state index contributed by atoms with van der Waals surface area (Å²) in [5.74, 6) is -0.233. The number of nitrogens with zero attached hydrogens (tertiary/aromatic N) is 1. The van der Waals surface area contributed by atoms with Crippen LogP contribution in [0.3, 0.4) is 0 Å². The smallest absolute Gasteiger partial charge is 0.224 e. The average molecular weight is 353 g/mol. The molecule has 1 atom stereocenters. The molecule has 5 nitrogen and oxygen atoms in total. The van der Waals surface area contributed by atoms with Gasteiger partial charge in [-0.2, -0.15) is 0 Å². The Bertz CT molecular complexity index is 656. The van der Waals surface area contributed by atoms with Crippen LogP contribution >= 0.6 is 0 Å². The summed E-state index contributed by atoms with van der Waals surface area (Å²) in [4.78, 5) is 12.6. The Balaban J connectivity index is 1.98. The van der Waals surface area contributed by atoms with E-state index in [1.165, 1.54) is 9.87 Å². The zero-order valence-electron chi connectivity index (χ0n) is 14.8. The Morgan fingerprint density at radius 3 is 2.58 bits per heavy atom. The molecule has 2 rings (SSSR count). The molecule has 1 aromatic carbocycles. The molecule has 1 saturated heterocycles. The lowest BCUT2D eigenvalue weighted by atomic mass is 9.92. The van der Waals surface area contributed by atoms with Gasteiger partial charge in [0.15, 0.2) is 0 Å². The number of carbonyl (C=O) groups excluding carboxylic acids is 1. The zero-order valence-corrected chi connectivity index (χ0v) is 15.6. The third kappa shape index (κ3) is 5.05. The summed E-state index contributed by atoms with van der Waals surface area (Å²) in [6.07, 6.45) is 2.21. The maximum atomic E-state index is 12.6. The molecule has 1 aromatic rings. The molecule has 0 aliphatic carbocycles. The third-order valence-corrected chi connectivity index (χ3v) is 6.31. The highest BCUT2D eigenvalue weighted by Gasteiger charge is 2.33. The topological polar surface area (TPSA) is 66.5 Å². The van der Waals surface area contributed by atoms with E-state index >= 15 is 0 Å². The maximum absolute atomic E-state index is 12.6. The number of hydrogen-bond acceptors (Lipinski definition) is 3. The van der Waals surface area contributed by atoms with Crippen LogP contribution in [0.4, 0.5) is 0 Å². The highest BCUT2D eigenvalue weighted by atomic mass is 32.2. The average Bonchev–Trinajstić information content (AvgIpc) is 2.55. The van der Waals surface area contributed by atoms with E-state index in [9.17, 15) is 13.2 Å². The quantitative estimate of drug-likeness (QED) is 0.853. The lowest BCUT2D eigenvalue weighted by Crippen LogP contribution is -2.51. The molecule has 6 heteroatoms. The second-order valence-corrected chi connectivity index (χ2v) is 9.39. The van der Waals surface area contributed by atoms with Gasteiger partial charge in [-0.25, -0.2) is 12.7 Å². The fourth-order valence-corrected chi connectivity index (χ4v) is 4.36. The minimum atomic E-state index is -3.23. The minimum absolute atomic E-state index is 0.0491. The first kappa shape index (κ1) is 18.9. The van der Waals surface area contributed by atoms with Crippen LogP contribution in [0.5, 0.6) is 0 Å². The molecule has 0 saturated carbocycles. The van der Waals surface area contributed by atoms with Gasteiger partial charge in [-0.1, -0.05) is 30.3 Å². The number of benzene rings is 1. The van der Waals surface area contributed by atoms with Crippen LogP contribution in [0, 0.1) is 5.92 Å². The monoisotopic (exact) mass is 352 g/mol. The minimum Gasteiger partial charge on any atom is -0.351 e. The van der Waals surface area contributed by atoms with Crippen molar-refractivity contribution in [2.75, 3.05) is 18.8 Å². The fourth-order valence-electron chi connectivity index (χ4n) is 3.18. The van der Waals surface area contributed by atoms with E-state index in [2.05, 4.69) is 5.32 Å². The maximum Gasteiger partial charge on any atom is 0.224 e. The van der Waals surface area contributed by atoms with Crippen LogP contribution in [0.1, 0.15) is 39.2 Å². The van der Waals surface area contributed by atoms with Crippen molar-refractivity contribution in [2.24, 2.45) is 5.92 Å². The van der Waals surface area contributed by atoms with Gasteiger partial charge in [0.2, 0.25) is 15.9 Å². The Labute approximate surface area is 145 Å². The zero-order chi connectivity index (χ0) is 17.8. The summed E-state index contributed by atoms with van der Waals surface area (Å²) in [5, 5.41) is 3.10. The molecule has 1 N–H and O–H groups in total. The summed E-state index contributed by atoms with van der Waals surface area (Å²) >= 11 is 0. The molecule has 0 radical (unpaired) electrons. The van der Waals surface area contributed by atoms with Crippen molar-refractivity contribution in [3.8, 4) is 0 Å². The van der Waals surface area contributed by atoms with Gasteiger partial charge in [-0.3, -0.25) is 4.79 Å². The van der Waals surface area contributed by atoms with Crippen LogP contribution < -0.4 is 5.32 Å². The molecule has 1 amide bonds. The number of amides is 1. The molecule has 1 fully saturated rings. The van der Waals surface area contributed by atoms with Gasteiger partial charge < -0.3 is 5.32 Å². The molecule has 0 spiro atoms. The second-order valence-electron chi connectivity index (χ2n) is 7.13. The second kappa shape index (κ2) is 7.66. The van der Waals surface area contributed by atoms with Gasteiger partial charge >= 0.3 is 0 Å². The molecule has 0 aromatic heterocycles. The Hall–Kier alpha value is -1.40. The van der Waals surface area contributed by atoms with Crippen molar-refractivity contribution in [1.82, 2.24) is 9.62 Å². The molecule has 0 unspecified atom stereocenters. The number of nitrogens with one attached hydrogen (secondary N) is 1. The van der Waals surface area contributed by atoms with Crippen molar-refractivity contribution in [2.45, 2.75) is 45.6 Å². The summed E-state index contributed by atoms with van der Waals surface area (Å²) in [7, 11) is -3.23. The van der Waals surface area contributed by atoms with Crippen LogP contribution in [-0.4, -0.2) is 43.0 Å². The van der Waals surface area contributed by atoms with Crippen molar-refractivity contribution < 1.29 is 13.2 Å². The van der Waals surface area contributed by atoms with Crippen LogP contribution in [0.15, 0.2) is 30.3 Å². The summed E-state index contributed by atoms with van der Waals surface area (Å²) in [5.41, 5.74) is 0.797. The SMILES string of the molecule is CCS(=O)(=O)N1CCC[C@H](C(=O)NC(C)(C)Cc2ccccc2)C1. The number of carbonyl (C=O) groups is 1. The van der Waals surface area contributed by atoms with E-state index in [0.717, 1.165) is 19.3 Å². The van der Waals surface area contributed by atoms with Gasteiger partial charge in [-0.05, 0) is 45.6 Å². The summed E-state index contributed by atoms with van der Waals surface area (Å²) < 4.78 is 25.5. The number of hydrogen-bond donors (Lipinski definition) is 1. The molecule has 134 valence electrons. The van der Waals surface area contributed by atoms with Gasteiger partial charge in [0.05, 0.1) is 11.7 Å². The Morgan fingerprint density at radius 1 is 1.29 bits per heavy atom. The molecule has 24 heavy (non-hydrogen) atoms. The van der Waals surface area contributed by atoms with Gasteiger partial charge in [0.1, 0.15) is 0 Å². The first-order chi connectivity index (χ1) is 11.2. The predicted octanol–water partition coefficient (Wildman–Crippen LogP) is 2.19. The van der Waals surface area contributed by atoms with Crippen LogP contribution in [0.2, 0.25) is 0 Å². The van der Waals surface area contributed by atoms with Crippen molar-refractivity contribution in [1.29, 1.82) is 0 Å². The van der Waals surface area contributed by atoms with Gasteiger partial charge in [0, 0.05) is 18.6 Å². The first-order valence-corrected chi connectivity index (χ1v) is 10.2. The molecule has 1 aliphatic rings. The molecular formula is C18H28N2O3S. The predicted molar refractivity (Wildman–Crippen MR) is 96.1 cm³/mol. The first-order valence-electron chi connectivity index (χ1n) is 8.57. The largest absolute Gasteiger partial charge is 0.351 e. The number of piperidine rings is 1. The Morgan fingerprint density at radius 2 is 1.96 bits per heavy atom. The van der Waals surface area contributed by atoms with Crippen molar-refractivity contribution in [3.63, 3.8) is 0 Å². The van der Waals surface area contributed by atoms with E-state index in [0.29, 0.717) is 13.1 Å². The lowest BCUT2D eigenvalue weighted by molar-refractivity contribution is -0.127. The highest BCUT2D eigenvalue weighted by Crippen LogP contribution is 2.21. The fraction of sp³-hybridized carbons (Fsp3) is 0.611. The van der Waals surface area contributed by atoms with E-state index in [1.54, 1.807) is 6.92 Å². The van der Waals surface area contributed by atoms with E-state index in [-0.39, 0.29) is 23.1 Å². The van der Waals surface area contributed by atoms with Gasteiger partial charge in [-0.15, -0.1) is 0 Å². The number of sulfonamides is 1. The third-order valence-electron chi connectivity index (χ3n) is 4.46. The molecular weight excluding hydrogens is 324 g/mol. The van der Waals surface area contributed by atoms with E-state index < -0.39 is 10.0 Å². The Kier molecular flexibility index (Phi) is 6.04. The van der Waals surface area contributed by atoms with Crippen LogP contribution in [0.25, 0.3) is 0 Å². The van der Waals surface area contributed by atoms with Gasteiger partial charge in [0.25, 0.3) is 0 Å². The van der Waals surface area contributed by atoms with Crippen molar-refractivity contribution in [3.05, 3.63) is 35.9 Å². The normalized spacial score (nSPS) is 19.9. The molecule has 0 bridgehead atoms. The highest BCUT2D eigenvalue weighted by molar-refractivity contribution is 7.89. The standard InChI is InChI=1S/C18H28N2O3S/c1-4-24(22,23)20-12-8-11-16(14-20)17(21)19-18(2,3)13-15-9-6-5-7-10-15/h5-7,9-10,16H,4,8,11-14H2,1-3H3,(H,19,21)/t16-/m0/s1.